The topological polar surface area (TPSA) is 24.5 Å². The van der Waals surface area contributed by atoms with Crippen LogP contribution in [0, 0.1) is 5.92 Å². The van der Waals surface area contributed by atoms with Crippen LogP contribution >= 0.6 is 0 Å². The molecule has 0 bridgehead atoms. The molecule has 2 fully saturated rings. The molecule has 3 nitrogen and oxygen atoms in total. The third-order valence-corrected chi connectivity index (χ3v) is 4.79. The third-order valence-electron chi connectivity index (χ3n) is 4.79. The van der Waals surface area contributed by atoms with Crippen LogP contribution < -0.4 is 5.32 Å². The molecule has 0 aromatic carbocycles. The molecule has 0 aromatic heterocycles. The molecule has 1 N–H and O–H groups in total. The first-order chi connectivity index (χ1) is 9.33. The predicted molar refractivity (Wildman–Crippen MR) is 80.5 cm³/mol. The van der Waals surface area contributed by atoms with Gasteiger partial charge in [0.15, 0.2) is 0 Å². The number of morpholine rings is 1. The van der Waals surface area contributed by atoms with Crippen LogP contribution in [0.15, 0.2) is 0 Å². The van der Waals surface area contributed by atoms with Crippen molar-refractivity contribution in [1.82, 2.24) is 10.2 Å². The Kier molecular flexibility index (Phi) is 6.62. The minimum atomic E-state index is 0.404. The second-order valence-electron chi connectivity index (χ2n) is 6.25. The van der Waals surface area contributed by atoms with Crippen LogP contribution in [0.25, 0.3) is 0 Å². The highest BCUT2D eigenvalue weighted by Gasteiger charge is 2.30. The van der Waals surface area contributed by atoms with Gasteiger partial charge < -0.3 is 10.1 Å². The van der Waals surface area contributed by atoms with Crippen molar-refractivity contribution in [2.75, 3.05) is 32.8 Å². The number of likely N-dealkylation sites (N-methyl/N-ethyl adjacent to an activating group) is 1. The minimum Gasteiger partial charge on any atom is -0.374 e. The monoisotopic (exact) mass is 268 g/mol. The molecule has 3 heteroatoms. The average Bonchev–Trinajstić information content (AvgIpc) is 2.96. The van der Waals surface area contributed by atoms with Crippen LogP contribution in [0.3, 0.4) is 0 Å². The van der Waals surface area contributed by atoms with Crippen LogP contribution in [0.2, 0.25) is 0 Å². The van der Waals surface area contributed by atoms with Gasteiger partial charge in [-0.1, -0.05) is 39.5 Å². The van der Waals surface area contributed by atoms with Crippen molar-refractivity contribution in [3.63, 3.8) is 0 Å². The Morgan fingerprint density at radius 2 is 2.05 bits per heavy atom. The van der Waals surface area contributed by atoms with Crippen molar-refractivity contribution in [3.8, 4) is 0 Å². The van der Waals surface area contributed by atoms with E-state index in [2.05, 4.69) is 24.1 Å². The number of hydrogen-bond donors (Lipinski definition) is 1. The van der Waals surface area contributed by atoms with Gasteiger partial charge in [0.25, 0.3) is 0 Å². The standard InChI is InChI=1S/C16H32N2O/c1-3-9-17-15(12-14-7-5-6-8-14)16-13-18(4-2)10-11-19-16/h14-17H,3-13H2,1-2H3. The highest BCUT2D eigenvalue weighted by atomic mass is 16.5. The van der Waals surface area contributed by atoms with Crippen molar-refractivity contribution in [2.24, 2.45) is 5.92 Å². The second kappa shape index (κ2) is 8.23. The molecule has 1 aliphatic heterocycles. The zero-order chi connectivity index (χ0) is 13.5. The Hall–Kier alpha value is -0.120. The molecule has 112 valence electrons. The number of rotatable bonds is 7. The summed E-state index contributed by atoms with van der Waals surface area (Å²) in [6, 6.07) is 0.567. The summed E-state index contributed by atoms with van der Waals surface area (Å²) in [7, 11) is 0. The van der Waals surface area contributed by atoms with E-state index in [-0.39, 0.29) is 0 Å². The molecular formula is C16H32N2O. The largest absolute Gasteiger partial charge is 0.374 e. The van der Waals surface area contributed by atoms with Gasteiger partial charge in [-0.05, 0) is 31.8 Å². The smallest absolute Gasteiger partial charge is 0.0855 e. The summed E-state index contributed by atoms with van der Waals surface area (Å²) in [5.74, 6) is 0.940. The maximum Gasteiger partial charge on any atom is 0.0855 e. The molecule has 0 amide bonds. The van der Waals surface area contributed by atoms with Gasteiger partial charge in [-0.3, -0.25) is 4.90 Å². The van der Waals surface area contributed by atoms with Gasteiger partial charge in [0.1, 0.15) is 0 Å². The molecule has 0 radical (unpaired) electrons. The number of hydrogen-bond acceptors (Lipinski definition) is 3. The fourth-order valence-electron chi connectivity index (χ4n) is 3.56. The van der Waals surface area contributed by atoms with E-state index in [0.29, 0.717) is 12.1 Å². The Labute approximate surface area is 119 Å². The van der Waals surface area contributed by atoms with Gasteiger partial charge in [-0.2, -0.15) is 0 Å². The van der Waals surface area contributed by atoms with Crippen molar-refractivity contribution < 1.29 is 4.74 Å². The highest BCUT2D eigenvalue weighted by molar-refractivity contribution is 4.85. The molecule has 2 aliphatic rings. The molecule has 2 atom stereocenters. The van der Waals surface area contributed by atoms with E-state index in [1.165, 1.54) is 38.5 Å². The first-order valence-corrected chi connectivity index (χ1v) is 8.40. The van der Waals surface area contributed by atoms with E-state index in [1.54, 1.807) is 0 Å². The highest BCUT2D eigenvalue weighted by Crippen LogP contribution is 2.30. The van der Waals surface area contributed by atoms with E-state index in [4.69, 9.17) is 4.74 Å². The SMILES string of the molecule is CCCNC(CC1CCCC1)C1CN(CC)CCO1. The van der Waals surface area contributed by atoms with E-state index < -0.39 is 0 Å². The zero-order valence-electron chi connectivity index (χ0n) is 12.9. The van der Waals surface area contributed by atoms with E-state index >= 15 is 0 Å². The molecule has 19 heavy (non-hydrogen) atoms. The summed E-state index contributed by atoms with van der Waals surface area (Å²) >= 11 is 0. The van der Waals surface area contributed by atoms with Crippen LogP contribution in [-0.2, 0) is 4.74 Å². The summed E-state index contributed by atoms with van der Waals surface area (Å²) in [5.41, 5.74) is 0. The Morgan fingerprint density at radius 1 is 1.26 bits per heavy atom. The maximum atomic E-state index is 6.08. The number of ether oxygens (including phenoxy) is 1. The first kappa shape index (κ1) is 15.3. The fourth-order valence-corrected chi connectivity index (χ4v) is 3.56. The van der Waals surface area contributed by atoms with Crippen LogP contribution in [0.1, 0.15) is 52.4 Å². The normalized spacial score (nSPS) is 27.8. The fraction of sp³-hybridized carbons (Fsp3) is 1.00. The lowest BCUT2D eigenvalue weighted by atomic mass is 9.94. The van der Waals surface area contributed by atoms with E-state index in [0.717, 1.165) is 38.7 Å². The molecule has 2 unspecified atom stereocenters. The van der Waals surface area contributed by atoms with Crippen LogP contribution in [-0.4, -0.2) is 49.8 Å². The minimum absolute atomic E-state index is 0.404. The van der Waals surface area contributed by atoms with E-state index in [1.807, 2.05) is 0 Å². The maximum absolute atomic E-state index is 6.08. The average molecular weight is 268 g/mol. The molecule has 0 aromatic rings. The molecule has 1 aliphatic carbocycles. The summed E-state index contributed by atoms with van der Waals surface area (Å²) < 4.78 is 6.08. The molecule has 1 saturated heterocycles. The molecule has 1 heterocycles. The summed E-state index contributed by atoms with van der Waals surface area (Å²) in [6.07, 6.45) is 8.70. The zero-order valence-corrected chi connectivity index (χ0v) is 12.9. The van der Waals surface area contributed by atoms with Gasteiger partial charge in [-0.15, -0.1) is 0 Å². The van der Waals surface area contributed by atoms with Crippen molar-refractivity contribution in [2.45, 2.75) is 64.5 Å². The molecule has 1 saturated carbocycles. The van der Waals surface area contributed by atoms with Gasteiger partial charge >= 0.3 is 0 Å². The van der Waals surface area contributed by atoms with Crippen molar-refractivity contribution in [1.29, 1.82) is 0 Å². The van der Waals surface area contributed by atoms with Gasteiger partial charge in [0, 0.05) is 19.1 Å². The van der Waals surface area contributed by atoms with Crippen LogP contribution in [0.4, 0.5) is 0 Å². The lowest BCUT2D eigenvalue weighted by Gasteiger charge is -2.38. The predicted octanol–water partition coefficient (Wildman–Crippen LogP) is 2.66. The first-order valence-electron chi connectivity index (χ1n) is 8.40. The molecule has 2 rings (SSSR count). The lowest BCUT2D eigenvalue weighted by molar-refractivity contribution is -0.0484. The molecular weight excluding hydrogens is 236 g/mol. The van der Waals surface area contributed by atoms with Gasteiger partial charge in [0.05, 0.1) is 12.7 Å². The van der Waals surface area contributed by atoms with Gasteiger partial charge in [-0.25, -0.2) is 0 Å². The van der Waals surface area contributed by atoms with E-state index in [9.17, 15) is 0 Å². The van der Waals surface area contributed by atoms with Crippen LogP contribution in [0.5, 0.6) is 0 Å². The van der Waals surface area contributed by atoms with Gasteiger partial charge in [0.2, 0.25) is 0 Å². The Morgan fingerprint density at radius 3 is 2.74 bits per heavy atom. The number of nitrogens with one attached hydrogen (secondary N) is 1. The lowest BCUT2D eigenvalue weighted by Crippen LogP contribution is -2.52. The number of nitrogens with zero attached hydrogens (tertiary/aromatic N) is 1. The summed E-state index contributed by atoms with van der Waals surface area (Å²) in [6.45, 7) is 9.93. The third kappa shape index (κ3) is 4.73. The Bertz CT molecular complexity index is 241. The second-order valence-corrected chi connectivity index (χ2v) is 6.25. The summed E-state index contributed by atoms with van der Waals surface area (Å²) in [4.78, 5) is 2.53. The summed E-state index contributed by atoms with van der Waals surface area (Å²) in [5, 5.41) is 3.76. The quantitative estimate of drug-likeness (QED) is 0.768. The van der Waals surface area contributed by atoms with Crippen molar-refractivity contribution in [3.05, 3.63) is 0 Å². The molecule has 0 spiro atoms. The van der Waals surface area contributed by atoms with Crippen molar-refractivity contribution >= 4 is 0 Å². The Balaban J connectivity index is 1.87.